The van der Waals surface area contributed by atoms with Gasteiger partial charge in [0.25, 0.3) is 0 Å². The van der Waals surface area contributed by atoms with Crippen molar-refractivity contribution in [1.29, 1.82) is 0 Å². The second-order valence-corrected chi connectivity index (χ2v) is 8.54. The summed E-state index contributed by atoms with van der Waals surface area (Å²) in [5, 5.41) is 0. The molecule has 1 aliphatic rings. The smallest absolute Gasteiger partial charge is 0.410 e. The van der Waals surface area contributed by atoms with Gasteiger partial charge in [-0.1, -0.05) is 28.1 Å². The van der Waals surface area contributed by atoms with Crippen LogP contribution in [0.1, 0.15) is 26.7 Å². The molecule has 1 saturated heterocycles. The van der Waals surface area contributed by atoms with E-state index >= 15 is 0 Å². The highest BCUT2D eigenvalue weighted by atomic mass is 79.9. The van der Waals surface area contributed by atoms with Crippen molar-refractivity contribution in [2.45, 2.75) is 38.9 Å². The number of carbonyl (C=O) groups excluding carboxylic acids is 1. The molecule has 1 aromatic carbocycles. The standard InChI is InChI=1S/C22H24BrN5O3/c1-15(2)30-22(29)27-9-7-18(8-10-27)31-21-11-20(24-13-25-21)28-12-19(26-14-28)16-3-5-17(23)6-4-16/h3-6,11-15,18H,7-10H2,1-2H3. The number of aromatic nitrogens is 4. The molecule has 162 valence electrons. The normalized spacial score (nSPS) is 14.6. The second-order valence-electron chi connectivity index (χ2n) is 7.62. The lowest BCUT2D eigenvalue weighted by Crippen LogP contribution is -2.42. The van der Waals surface area contributed by atoms with Crippen LogP contribution >= 0.6 is 15.9 Å². The zero-order valence-corrected chi connectivity index (χ0v) is 19.0. The van der Waals surface area contributed by atoms with Gasteiger partial charge in [-0.3, -0.25) is 4.57 Å². The minimum Gasteiger partial charge on any atom is -0.474 e. The molecule has 4 rings (SSSR count). The summed E-state index contributed by atoms with van der Waals surface area (Å²) in [6.07, 6.45) is 6.20. The summed E-state index contributed by atoms with van der Waals surface area (Å²) in [4.78, 5) is 26.8. The van der Waals surface area contributed by atoms with Crippen molar-refractivity contribution in [1.82, 2.24) is 24.4 Å². The third kappa shape index (κ3) is 5.41. The van der Waals surface area contributed by atoms with E-state index in [9.17, 15) is 4.79 Å². The van der Waals surface area contributed by atoms with Gasteiger partial charge in [0.2, 0.25) is 5.88 Å². The Labute approximate surface area is 189 Å². The number of piperidine rings is 1. The average molecular weight is 486 g/mol. The van der Waals surface area contributed by atoms with Gasteiger partial charge >= 0.3 is 6.09 Å². The van der Waals surface area contributed by atoms with Crippen LogP contribution in [0, 0.1) is 0 Å². The van der Waals surface area contributed by atoms with E-state index in [4.69, 9.17) is 9.47 Å². The van der Waals surface area contributed by atoms with Crippen LogP contribution in [-0.2, 0) is 4.74 Å². The number of benzene rings is 1. The Morgan fingerprint density at radius 3 is 2.58 bits per heavy atom. The van der Waals surface area contributed by atoms with Crippen molar-refractivity contribution in [2.75, 3.05) is 13.1 Å². The van der Waals surface area contributed by atoms with Crippen LogP contribution in [0.15, 0.2) is 53.7 Å². The predicted octanol–water partition coefficient (Wildman–Crippen LogP) is 4.48. The average Bonchev–Trinajstić information content (AvgIpc) is 3.25. The summed E-state index contributed by atoms with van der Waals surface area (Å²) < 4.78 is 14.2. The van der Waals surface area contributed by atoms with Gasteiger partial charge in [0.15, 0.2) is 0 Å². The van der Waals surface area contributed by atoms with E-state index in [1.165, 1.54) is 6.33 Å². The van der Waals surface area contributed by atoms with E-state index in [1.807, 2.05) is 48.9 Å². The molecule has 0 bridgehead atoms. The zero-order chi connectivity index (χ0) is 21.8. The molecule has 0 N–H and O–H groups in total. The number of likely N-dealkylation sites (tertiary alicyclic amines) is 1. The molecule has 3 aromatic rings. The monoisotopic (exact) mass is 485 g/mol. The fraction of sp³-hybridized carbons (Fsp3) is 0.364. The van der Waals surface area contributed by atoms with Crippen molar-refractivity contribution in [3.63, 3.8) is 0 Å². The lowest BCUT2D eigenvalue weighted by Gasteiger charge is -2.31. The van der Waals surface area contributed by atoms with Crippen LogP contribution in [0.4, 0.5) is 4.79 Å². The minimum absolute atomic E-state index is 0.00744. The highest BCUT2D eigenvalue weighted by Crippen LogP contribution is 2.23. The van der Waals surface area contributed by atoms with Gasteiger partial charge in [-0.25, -0.2) is 19.7 Å². The predicted molar refractivity (Wildman–Crippen MR) is 119 cm³/mol. The zero-order valence-electron chi connectivity index (χ0n) is 17.4. The SMILES string of the molecule is CC(C)OC(=O)N1CCC(Oc2cc(-n3cnc(-c4ccc(Br)cc4)c3)ncn2)CC1. The first kappa shape index (κ1) is 21.3. The van der Waals surface area contributed by atoms with Crippen LogP contribution in [0.2, 0.25) is 0 Å². The Hall–Kier alpha value is -2.94. The molecule has 0 unspecified atom stereocenters. The van der Waals surface area contributed by atoms with E-state index in [0.717, 1.165) is 28.6 Å². The Balaban J connectivity index is 1.38. The highest BCUT2D eigenvalue weighted by molar-refractivity contribution is 9.10. The maximum atomic E-state index is 12.0. The molecule has 0 radical (unpaired) electrons. The summed E-state index contributed by atoms with van der Waals surface area (Å²) in [5.74, 6) is 1.19. The van der Waals surface area contributed by atoms with Crippen LogP contribution in [0.25, 0.3) is 17.1 Å². The number of rotatable bonds is 5. The number of hydrogen-bond acceptors (Lipinski definition) is 6. The lowest BCUT2D eigenvalue weighted by atomic mass is 10.1. The second kappa shape index (κ2) is 9.47. The largest absolute Gasteiger partial charge is 0.474 e. The number of carbonyl (C=O) groups is 1. The molecule has 8 nitrogen and oxygen atoms in total. The van der Waals surface area contributed by atoms with Crippen LogP contribution in [0.3, 0.4) is 0 Å². The van der Waals surface area contributed by atoms with Crippen LogP contribution in [0.5, 0.6) is 5.88 Å². The van der Waals surface area contributed by atoms with Crippen molar-refractivity contribution in [2.24, 2.45) is 0 Å². The molecule has 2 aromatic heterocycles. The maximum Gasteiger partial charge on any atom is 0.410 e. The summed E-state index contributed by atoms with van der Waals surface area (Å²) in [6.45, 7) is 4.91. The van der Waals surface area contributed by atoms with Crippen molar-refractivity contribution in [3.8, 4) is 23.0 Å². The van der Waals surface area contributed by atoms with Gasteiger partial charge in [0.05, 0.1) is 11.8 Å². The van der Waals surface area contributed by atoms with E-state index in [-0.39, 0.29) is 18.3 Å². The number of halogens is 1. The molecule has 0 atom stereocenters. The summed E-state index contributed by atoms with van der Waals surface area (Å²) >= 11 is 3.45. The topological polar surface area (TPSA) is 82.4 Å². The Morgan fingerprint density at radius 2 is 1.87 bits per heavy atom. The van der Waals surface area contributed by atoms with Gasteiger partial charge < -0.3 is 14.4 Å². The van der Waals surface area contributed by atoms with E-state index in [2.05, 4.69) is 30.9 Å². The summed E-state index contributed by atoms with van der Waals surface area (Å²) in [6, 6.07) is 9.78. The molecule has 1 amide bonds. The molecule has 0 spiro atoms. The first-order valence-corrected chi connectivity index (χ1v) is 11.0. The van der Waals surface area contributed by atoms with Crippen molar-refractivity contribution in [3.05, 3.63) is 53.7 Å². The number of ether oxygens (including phenoxy) is 2. The third-order valence-corrected chi connectivity index (χ3v) is 5.47. The highest BCUT2D eigenvalue weighted by Gasteiger charge is 2.25. The fourth-order valence-electron chi connectivity index (χ4n) is 3.36. The molecular weight excluding hydrogens is 462 g/mol. The molecule has 0 saturated carbocycles. The van der Waals surface area contributed by atoms with Gasteiger partial charge in [0.1, 0.15) is 24.6 Å². The molecule has 1 fully saturated rings. The number of amides is 1. The van der Waals surface area contributed by atoms with E-state index in [1.54, 1.807) is 17.3 Å². The van der Waals surface area contributed by atoms with Crippen LogP contribution in [-0.4, -0.2) is 55.8 Å². The number of imidazole rings is 1. The Bertz CT molecular complexity index is 1030. The molecular formula is C22H24BrN5O3. The van der Waals surface area contributed by atoms with Gasteiger partial charge in [-0.15, -0.1) is 0 Å². The van der Waals surface area contributed by atoms with Crippen LogP contribution < -0.4 is 4.74 Å². The van der Waals surface area contributed by atoms with Gasteiger partial charge in [-0.05, 0) is 26.0 Å². The Morgan fingerprint density at radius 1 is 1.13 bits per heavy atom. The maximum absolute atomic E-state index is 12.0. The Kier molecular flexibility index (Phi) is 6.50. The number of hydrogen-bond donors (Lipinski definition) is 0. The summed E-state index contributed by atoms with van der Waals surface area (Å²) in [7, 11) is 0. The number of nitrogens with zero attached hydrogens (tertiary/aromatic N) is 5. The fourth-order valence-corrected chi connectivity index (χ4v) is 3.62. The summed E-state index contributed by atoms with van der Waals surface area (Å²) in [5.41, 5.74) is 1.88. The first-order valence-electron chi connectivity index (χ1n) is 10.2. The van der Waals surface area contributed by atoms with Gasteiger partial charge in [0, 0.05) is 48.2 Å². The molecule has 31 heavy (non-hydrogen) atoms. The first-order chi connectivity index (χ1) is 15.0. The minimum atomic E-state index is -0.264. The third-order valence-electron chi connectivity index (χ3n) is 4.94. The molecule has 1 aliphatic heterocycles. The van der Waals surface area contributed by atoms with Crippen molar-refractivity contribution < 1.29 is 14.3 Å². The molecule has 0 aliphatic carbocycles. The van der Waals surface area contributed by atoms with Gasteiger partial charge in [-0.2, -0.15) is 0 Å². The van der Waals surface area contributed by atoms with E-state index in [0.29, 0.717) is 24.8 Å². The van der Waals surface area contributed by atoms with Crippen molar-refractivity contribution >= 4 is 22.0 Å². The lowest BCUT2D eigenvalue weighted by molar-refractivity contribution is 0.0507. The van der Waals surface area contributed by atoms with E-state index < -0.39 is 0 Å². The quantitative estimate of drug-likeness (QED) is 0.529. The molecule has 9 heteroatoms. The molecule has 3 heterocycles.